The predicted molar refractivity (Wildman–Crippen MR) is 106 cm³/mol. The number of hydrogen-bond acceptors (Lipinski definition) is 5. The number of rotatable bonds is 7. The van der Waals surface area contributed by atoms with Crippen molar-refractivity contribution >= 4 is 17.6 Å². The Morgan fingerprint density at radius 2 is 1.73 bits per heavy atom. The summed E-state index contributed by atoms with van der Waals surface area (Å²) in [5.74, 6) is -1.20. The molecule has 8 heteroatoms. The van der Waals surface area contributed by atoms with Crippen LogP contribution < -0.4 is 10.1 Å². The molecule has 0 bridgehead atoms. The fourth-order valence-corrected chi connectivity index (χ4v) is 2.80. The number of esters is 1. The van der Waals surface area contributed by atoms with Crippen molar-refractivity contribution < 1.29 is 27.8 Å². The van der Waals surface area contributed by atoms with E-state index in [0.29, 0.717) is 17.7 Å². The molecule has 6 nitrogen and oxygen atoms in total. The van der Waals surface area contributed by atoms with Crippen LogP contribution in [-0.2, 0) is 11.2 Å². The number of amides is 1. The Morgan fingerprint density at radius 1 is 1.00 bits per heavy atom. The molecule has 0 aliphatic carbocycles. The van der Waals surface area contributed by atoms with Gasteiger partial charge in [-0.05, 0) is 35.9 Å². The zero-order chi connectivity index (χ0) is 21.5. The molecule has 0 saturated carbocycles. The van der Waals surface area contributed by atoms with Crippen molar-refractivity contribution in [1.29, 1.82) is 0 Å². The maximum absolute atomic E-state index is 12.8. The minimum atomic E-state index is -2.97. The van der Waals surface area contributed by atoms with Gasteiger partial charge in [-0.15, -0.1) is 0 Å². The summed E-state index contributed by atoms with van der Waals surface area (Å²) in [7, 11) is 1.22. The van der Waals surface area contributed by atoms with Crippen LogP contribution in [0.3, 0.4) is 0 Å². The first-order valence-corrected chi connectivity index (χ1v) is 8.94. The molecule has 0 radical (unpaired) electrons. The molecule has 1 heterocycles. The molecule has 3 rings (SSSR count). The Morgan fingerprint density at radius 3 is 2.43 bits per heavy atom. The van der Waals surface area contributed by atoms with Crippen LogP contribution in [-0.4, -0.2) is 30.6 Å². The molecular weight excluding hydrogens is 394 g/mol. The maximum Gasteiger partial charge on any atom is 0.387 e. The smallest absolute Gasteiger partial charge is 0.387 e. The summed E-state index contributed by atoms with van der Waals surface area (Å²) in [6.45, 7) is -2.97. The van der Waals surface area contributed by atoms with E-state index in [2.05, 4.69) is 19.8 Å². The number of ether oxygens (including phenoxy) is 2. The van der Waals surface area contributed by atoms with Crippen LogP contribution in [0.1, 0.15) is 32.1 Å². The lowest BCUT2D eigenvalue weighted by Crippen LogP contribution is -2.16. The van der Waals surface area contributed by atoms with Gasteiger partial charge in [-0.2, -0.15) is 8.78 Å². The number of methoxy groups -OCH3 is 1. The number of anilines is 1. The third kappa shape index (κ3) is 5.38. The van der Waals surface area contributed by atoms with E-state index >= 15 is 0 Å². The fourth-order valence-electron chi connectivity index (χ4n) is 2.80. The summed E-state index contributed by atoms with van der Waals surface area (Å²) in [4.78, 5) is 28.1. The third-order valence-electron chi connectivity index (χ3n) is 4.15. The first-order chi connectivity index (χ1) is 14.5. The number of nitrogens with zero attached hydrogens (tertiary/aromatic N) is 1. The lowest BCUT2D eigenvalue weighted by molar-refractivity contribution is -0.0503. The summed E-state index contributed by atoms with van der Waals surface area (Å²) in [5.41, 5.74) is 1.76. The Bertz CT molecular complexity index is 1040. The summed E-state index contributed by atoms with van der Waals surface area (Å²) in [5, 5.41) is 2.65. The van der Waals surface area contributed by atoms with E-state index in [4.69, 9.17) is 0 Å². The molecule has 0 fully saturated rings. The molecular formula is C22H18F2N2O4. The van der Waals surface area contributed by atoms with Crippen molar-refractivity contribution in [2.45, 2.75) is 13.0 Å². The second kappa shape index (κ2) is 9.60. The summed E-state index contributed by atoms with van der Waals surface area (Å²) in [6, 6.07) is 18.0. The number of halogens is 2. The number of nitrogens with one attached hydrogen (secondary N) is 1. The van der Waals surface area contributed by atoms with Crippen LogP contribution in [0.5, 0.6) is 5.75 Å². The van der Waals surface area contributed by atoms with Crippen molar-refractivity contribution in [3.63, 3.8) is 0 Å². The molecule has 0 spiro atoms. The van der Waals surface area contributed by atoms with Crippen LogP contribution >= 0.6 is 0 Å². The highest BCUT2D eigenvalue weighted by molar-refractivity contribution is 6.03. The van der Waals surface area contributed by atoms with Crippen LogP contribution in [0, 0.1) is 0 Å². The van der Waals surface area contributed by atoms with Gasteiger partial charge in [0.1, 0.15) is 17.1 Å². The van der Waals surface area contributed by atoms with Gasteiger partial charge in [0.05, 0.1) is 7.11 Å². The van der Waals surface area contributed by atoms with Gasteiger partial charge in [-0.3, -0.25) is 4.79 Å². The van der Waals surface area contributed by atoms with Crippen LogP contribution in [0.15, 0.2) is 66.7 Å². The molecule has 0 saturated heterocycles. The normalized spacial score (nSPS) is 10.5. The second-order valence-corrected chi connectivity index (χ2v) is 6.22. The molecule has 2 aromatic carbocycles. The van der Waals surface area contributed by atoms with Gasteiger partial charge in [-0.1, -0.05) is 36.4 Å². The van der Waals surface area contributed by atoms with Crippen molar-refractivity contribution in [3.05, 3.63) is 89.2 Å². The third-order valence-corrected chi connectivity index (χ3v) is 4.15. The first kappa shape index (κ1) is 20.9. The van der Waals surface area contributed by atoms with Gasteiger partial charge in [-0.25, -0.2) is 9.78 Å². The van der Waals surface area contributed by atoms with Crippen LogP contribution in [0.4, 0.5) is 14.5 Å². The second-order valence-electron chi connectivity index (χ2n) is 6.22. The molecule has 1 aromatic heterocycles. The van der Waals surface area contributed by atoms with E-state index in [-0.39, 0.29) is 17.1 Å². The van der Waals surface area contributed by atoms with E-state index in [9.17, 15) is 18.4 Å². The fraction of sp³-hybridized carbons (Fsp3) is 0.136. The van der Waals surface area contributed by atoms with E-state index in [1.165, 1.54) is 37.4 Å². The SMILES string of the molecule is COC(=O)c1cccc(C(=O)Nc2ccc(OC(F)F)c(Cc3ccccc3)c2)n1. The lowest BCUT2D eigenvalue weighted by atomic mass is 10.0. The summed E-state index contributed by atoms with van der Waals surface area (Å²) < 4.78 is 34.7. The monoisotopic (exact) mass is 412 g/mol. The van der Waals surface area contributed by atoms with Gasteiger partial charge < -0.3 is 14.8 Å². The Kier molecular flexibility index (Phi) is 6.69. The Balaban J connectivity index is 1.84. The Labute approximate surface area is 171 Å². The zero-order valence-electron chi connectivity index (χ0n) is 16.0. The average Bonchev–Trinajstić information content (AvgIpc) is 2.75. The quantitative estimate of drug-likeness (QED) is 0.585. The van der Waals surface area contributed by atoms with Crippen molar-refractivity contribution in [3.8, 4) is 5.75 Å². The Hall–Kier alpha value is -3.81. The lowest BCUT2D eigenvalue weighted by Gasteiger charge is -2.13. The van der Waals surface area contributed by atoms with Gasteiger partial charge in [0.25, 0.3) is 5.91 Å². The molecule has 1 N–H and O–H groups in total. The number of alkyl halides is 2. The van der Waals surface area contributed by atoms with Crippen LogP contribution in [0.25, 0.3) is 0 Å². The largest absolute Gasteiger partial charge is 0.464 e. The van der Waals surface area contributed by atoms with Crippen molar-refractivity contribution in [2.24, 2.45) is 0 Å². The van der Waals surface area contributed by atoms with E-state index < -0.39 is 18.5 Å². The molecule has 1 amide bonds. The van der Waals surface area contributed by atoms with Gasteiger partial charge in [0, 0.05) is 17.7 Å². The highest BCUT2D eigenvalue weighted by Crippen LogP contribution is 2.27. The maximum atomic E-state index is 12.8. The van der Waals surface area contributed by atoms with Gasteiger partial charge in [0.2, 0.25) is 0 Å². The van der Waals surface area contributed by atoms with Gasteiger partial charge in [0.15, 0.2) is 0 Å². The molecule has 30 heavy (non-hydrogen) atoms. The summed E-state index contributed by atoms with van der Waals surface area (Å²) >= 11 is 0. The number of aromatic nitrogens is 1. The first-order valence-electron chi connectivity index (χ1n) is 8.94. The number of pyridine rings is 1. The highest BCUT2D eigenvalue weighted by atomic mass is 19.3. The number of carbonyl (C=O) groups excluding carboxylic acids is 2. The van der Waals surface area contributed by atoms with E-state index in [1.807, 2.05) is 30.3 Å². The number of benzene rings is 2. The summed E-state index contributed by atoms with van der Waals surface area (Å²) in [6.07, 6.45) is 0.336. The highest BCUT2D eigenvalue weighted by Gasteiger charge is 2.15. The van der Waals surface area contributed by atoms with Crippen molar-refractivity contribution in [1.82, 2.24) is 4.98 Å². The predicted octanol–water partition coefficient (Wildman–Crippen LogP) is 4.31. The van der Waals surface area contributed by atoms with E-state index in [0.717, 1.165) is 5.56 Å². The molecule has 3 aromatic rings. The van der Waals surface area contributed by atoms with E-state index in [1.54, 1.807) is 6.07 Å². The molecule has 0 aliphatic heterocycles. The molecule has 0 unspecified atom stereocenters. The number of hydrogen-bond donors (Lipinski definition) is 1. The zero-order valence-corrected chi connectivity index (χ0v) is 16.0. The molecule has 154 valence electrons. The topological polar surface area (TPSA) is 77.5 Å². The van der Waals surface area contributed by atoms with Gasteiger partial charge >= 0.3 is 12.6 Å². The minimum absolute atomic E-state index is 0.00408. The standard InChI is InChI=1S/C22H18F2N2O4/c1-29-21(28)18-9-5-8-17(26-18)20(27)25-16-10-11-19(30-22(23)24)15(13-16)12-14-6-3-2-4-7-14/h2-11,13,22H,12H2,1H3,(H,25,27). The molecule has 0 aliphatic rings. The minimum Gasteiger partial charge on any atom is -0.464 e. The molecule has 0 atom stereocenters. The van der Waals surface area contributed by atoms with Crippen molar-refractivity contribution in [2.75, 3.05) is 12.4 Å². The van der Waals surface area contributed by atoms with Crippen LogP contribution in [0.2, 0.25) is 0 Å². The number of carbonyl (C=O) groups is 2. The average molecular weight is 412 g/mol.